The number of Topliss-reactive ketones (excluding diaryl/α,β-unsaturated/α-hetero) is 1. The van der Waals surface area contributed by atoms with Gasteiger partial charge in [-0.2, -0.15) is 5.26 Å². The van der Waals surface area contributed by atoms with E-state index in [1.807, 2.05) is 24.3 Å². The first-order valence-electron chi connectivity index (χ1n) is 9.18. The highest BCUT2D eigenvalue weighted by Crippen LogP contribution is 2.20. The summed E-state index contributed by atoms with van der Waals surface area (Å²) in [5.41, 5.74) is 1.99. The van der Waals surface area contributed by atoms with Crippen LogP contribution >= 0.6 is 0 Å². The fourth-order valence-corrected chi connectivity index (χ4v) is 2.97. The van der Waals surface area contributed by atoms with E-state index in [9.17, 15) is 9.59 Å². The highest BCUT2D eigenvalue weighted by molar-refractivity contribution is 6.06. The minimum atomic E-state index is -1.16. The molecule has 2 rings (SSSR count). The van der Waals surface area contributed by atoms with E-state index in [2.05, 4.69) is 4.90 Å². The standard InChI is InChI=1S/C21H25N3O3/c1-16(23)19(14-22)20(25)15-27-21(26)11-8-17-6-9-18(10-7-17)24-12-4-2-3-5-13-24/h6-11,19,23H,2-5,12-13,15H2,1H3/b11-8+,23-16?. The van der Waals surface area contributed by atoms with Gasteiger partial charge in [0.15, 0.2) is 12.4 Å². The number of esters is 1. The predicted molar refractivity (Wildman–Crippen MR) is 105 cm³/mol. The lowest BCUT2D eigenvalue weighted by Gasteiger charge is -2.22. The summed E-state index contributed by atoms with van der Waals surface area (Å²) in [5.74, 6) is -2.40. The molecule has 1 unspecified atom stereocenters. The molecule has 0 amide bonds. The van der Waals surface area contributed by atoms with Gasteiger partial charge in [-0.1, -0.05) is 25.0 Å². The lowest BCUT2D eigenvalue weighted by molar-refractivity contribution is -0.143. The highest BCUT2D eigenvalue weighted by Gasteiger charge is 2.20. The average molecular weight is 367 g/mol. The zero-order valence-corrected chi connectivity index (χ0v) is 15.6. The average Bonchev–Trinajstić information content (AvgIpc) is 2.95. The minimum Gasteiger partial charge on any atom is -0.454 e. The third kappa shape index (κ3) is 6.37. The van der Waals surface area contributed by atoms with Crippen molar-refractivity contribution >= 4 is 29.2 Å². The van der Waals surface area contributed by atoms with Crippen LogP contribution in [0.5, 0.6) is 0 Å². The maximum absolute atomic E-state index is 11.7. The Labute approximate surface area is 159 Å². The van der Waals surface area contributed by atoms with Crippen molar-refractivity contribution in [3.63, 3.8) is 0 Å². The molecule has 1 fully saturated rings. The van der Waals surface area contributed by atoms with E-state index in [1.54, 1.807) is 12.1 Å². The fourth-order valence-electron chi connectivity index (χ4n) is 2.97. The van der Waals surface area contributed by atoms with Crippen LogP contribution in [0.3, 0.4) is 0 Å². The van der Waals surface area contributed by atoms with Gasteiger partial charge in [-0.25, -0.2) is 4.79 Å². The van der Waals surface area contributed by atoms with E-state index < -0.39 is 24.3 Å². The Hall–Kier alpha value is -2.94. The van der Waals surface area contributed by atoms with Crippen molar-refractivity contribution in [2.75, 3.05) is 24.6 Å². The molecule has 0 saturated carbocycles. The molecule has 6 nitrogen and oxygen atoms in total. The summed E-state index contributed by atoms with van der Waals surface area (Å²) in [6.07, 6.45) is 7.90. The molecule has 1 heterocycles. The second-order valence-corrected chi connectivity index (χ2v) is 6.65. The summed E-state index contributed by atoms with van der Waals surface area (Å²) < 4.78 is 4.86. The SMILES string of the molecule is CC(=N)C(C#N)C(=O)COC(=O)/C=C/c1ccc(N2CCCCCC2)cc1. The quantitative estimate of drug-likeness (QED) is 0.453. The Kier molecular flexibility index (Phi) is 7.75. The van der Waals surface area contributed by atoms with E-state index in [4.69, 9.17) is 15.4 Å². The molecule has 0 bridgehead atoms. The first-order chi connectivity index (χ1) is 13.0. The normalized spacial score (nSPS) is 15.6. The van der Waals surface area contributed by atoms with Gasteiger partial charge >= 0.3 is 5.97 Å². The van der Waals surface area contributed by atoms with Crippen molar-refractivity contribution in [3.05, 3.63) is 35.9 Å². The van der Waals surface area contributed by atoms with Gasteiger partial charge in [-0.15, -0.1) is 0 Å². The number of hydrogen-bond acceptors (Lipinski definition) is 6. The molecule has 0 aliphatic carbocycles. The third-order valence-corrected chi connectivity index (χ3v) is 4.52. The second-order valence-electron chi connectivity index (χ2n) is 6.65. The van der Waals surface area contributed by atoms with Gasteiger partial charge < -0.3 is 15.0 Å². The van der Waals surface area contributed by atoms with Crippen LogP contribution in [-0.4, -0.2) is 37.2 Å². The molecule has 0 spiro atoms. The Balaban J connectivity index is 1.86. The van der Waals surface area contributed by atoms with Crippen LogP contribution in [0.25, 0.3) is 6.08 Å². The van der Waals surface area contributed by atoms with Crippen LogP contribution in [0, 0.1) is 22.7 Å². The first kappa shape index (κ1) is 20.4. The number of nitrogens with zero attached hydrogens (tertiary/aromatic N) is 2. The number of ketones is 1. The number of nitriles is 1. The molecule has 1 aromatic carbocycles. The molecule has 1 atom stereocenters. The van der Waals surface area contributed by atoms with Gasteiger partial charge in [-0.05, 0) is 43.5 Å². The van der Waals surface area contributed by atoms with Crippen LogP contribution in [0.4, 0.5) is 5.69 Å². The summed E-state index contributed by atoms with van der Waals surface area (Å²) >= 11 is 0. The van der Waals surface area contributed by atoms with E-state index in [0.29, 0.717) is 0 Å². The number of anilines is 1. The minimum absolute atomic E-state index is 0.0569. The van der Waals surface area contributed by atoms with Gasteiger partial charge in [-0.3, -0.25) is 4.79 Å². The van der Waals surface area contributed by atoms with Crippen LogP contribution < -0.4 is 4.90 Å². The lowest BCUT2D eigenvalue weighted by atomic mass is 10.0. The maximum Gasteiger partial charge on any atom is 0.331 e. The van der Waals surface area contributed by atoms with Gasteiger partial charge in [0.1, 0.15) is 5.92 Å². The molecule has 0 radical (unpaired) electrons. The Bertz CT molecular complexity index is 739. The highest BCUT2D eigenvalue weighted by atomic mass is 16.5. The van der Waals surface area contributed by atoms with Gasteiger partial charge in [0.05, 0.1) is 6.07 Å². The molecule has 6 heteroatoms. The number of carbonyl (C=O) groups is 2. The van der Waals surface area contributed by atoms with Crippen LogP contribution in [-0.2, 0) is 14.3 Å². The molecule has 142 valence electrons. The van der Waals surface area contributed by atoms with Crippen molar-refractivity contribution in [2.24, 2.45) is 5.92 Å². The number of ether oxygens (including phenoxy) is 1. The topological polar surface area (TPSA) is 94.3 Å². The zero-order valence-electron chi connectivity index (χ0n) is 15.6. The Morgan fingerprint density at radius 3 is 2.41 bits per heavy atom. The van der Waals surface area contributed by atoms with Gasteiger partial charge in [0.2, 0.25) is 0 Å². The largest absolute Gasteiger partial charge is 0.454 e. The van der Waals surface area contributed by atoms with Crippen molar-refractivity contribution in [2.45, 2.75) is 32.6 Å². The Morgan fingerprint density at radius 1 is 1.22 bits per heavy atom. The maximum atomic E-state index is 11.7. The number of rotatable bonds is 7. The van der Waals surface area contributed by atoms with Gasteiger partial charge in [0, 0.05) is 30.6 Å². The van der Waals surface area contributed by atoms with E-state index in [0.717, 1.165) is 18.7 Å². The predicted octanol–water partition coefficient (Wildman–Crippen LogP) is 3.37. The fraction of sp³-hybridized carbons (Fsp3) is 0.429. The molecule has 1 aromatic rings. The summed E-state index contributed by atoms with van der Waals surface area (Å²) in [7, 11) is 0. The monoisotopic (exact) mass is 367 g/mol. The molecule has 1 aliphatic heterocycles. The number of hydrogen-bond donors (Lipinski definition) is 1. The smallest absolute Gasteiger partial charge is 0.331 e. The van der Waals surface area contributed by atoms with Crippen LogP contribution in [0.15, 0.2) is 30.3 Å². The van der Waals surface area contributed by atoms with Crippen LogP contribution in [0.2, 0.25) is 0 Å². The van der Waals surface area contributed by atoms with Crippen molar-refractivity contribution < 1.29 is 14.3 Å². The van der Waals surface area contributed by atoms with Crippen molar-refractivity contribution in [3.8, 4) is 6.07 Å². The van der Waals surface area contributed by atoms with E-state index in [1.165, 1.54) is 44.4 Å². The van der Waals surface area contributed by atoms with Crippen molar-refractivity contribution in [1.82, 2.24) is 0 Å². The summed E-state index contributed by atoms with van der Waals surface area (Å²) in [5, 5.41) is 16.2. The van der Waals surface area contributed by atoms with Crippen LogP contribution in [0.1, 0.15) is 38.2 Å². The number of nitrogens with one attached hydrogen (secondary N) is 1. The lowest BCUT2D eigenvalue weighted by Crippen LogP contribution is -2.25. The van der Waals surface area contributed by atoms with E-state index in [-0.39, 0.29) is 5.71 Å². The summed E-state index contributed by atoms with van der Waals surface area (Å²) in [4.78, 5) is 25.9. The number of benzene rings is 1. The molecular weight excluding hydrogens is 342 g/mol. The second kappa shape index (κ2) is 10.3. The first-order valence-corrected chi connectivity index (χ1v) is 9.18. The molecule has 1 N–H and O–H groups in total. The third-order valence-electron chi connectivity index (χ3n) is 4.52. The molecule has 27 heavy (non-hydrogen) atoms. The Morgan fingerprint density at radius 2 is 1.85 bits per heavy atom. The molecule has 0 aromatic heterocycles. The van der Waals surface area contributed by atoms with Gasteiger partial charge in [0.25, 0.3) is 0 Å². The molecular formula is C21H25N3O3. The zero-order chi connectivity index (χ0) is 19.6. The molecule has 1 saturated heterocycles. The van der Waals surface area contributed by atoms with Crippen molar-refractivity contribution in [1.29, 1.82) is 10.7 Å². The summed E-state index contributed by atoms with van der Waals surface area (Å²) in [6, 6.07) is 9.71. The summed E-state index contributed by atoms with van der Waals surface area (Å²) in [6.45, 7) is 3.03. The number of carbonyl (C=O) groups excluding carboxylic acids is 2. The van der Waals surface area contributed by atoms with E-state index >= 15 is 0 Å². The molecule has 1 aliphatic rings.